The second kappa shape index (κ2) is 8.95. The highest BCUT2D eigenvalue weighted by Gasteiger charge is 2.56. The molecule has 33 heavy (non-hydrogen) atoms. The Morgan fingerprint density at radius 3 is 2.73 bits per heavy atom. The van der Waals surface area contributed by atoms with Crippen molar-refractivity contribution in [3.8, 4) is 0 Å². The fourth-order valence-electron chi connectivity index (χ4n) is 4.89. The number of aromatic nitrogens is 3. The molecule has 3 fully saturated rings. The van der Waals surface area contributed by atoms with Gasteiger partial charge in [-0.3, -0.25) is 4.57 Å². The highest BCUT2D eigenvalue weighted by molar-refractivity contribution is 8.04. The first-order valence-electron chi connectivity index (χ1n) is 11.0. The van der Waals surface area contributed by atoms with Crippen LogP contribution in [0.3, 0.4) is 0 Å². The van der Waals surface area contributed by atoms with E-state index < -0.39 is 31.8 Å². The van der Waals surface area contributed by atoms with Crippen LogP contribution in [0.5, 0.6) is 0 Å². The zero-order valence-corrected chi connectivity index (χ0v) is 20.9. The second-order valence-corrected chi connectivity index (χ2v) is 12.7. The van der Waals surface area contributed by atoms with E-state index in [4.69, 9.17) is 25.8 Å². The maximum absolute atomic E-state index is 11.3. The number of rotatable bonds is 7. The minimum atomic E-state index is -4.10. The lowest BCUT2D eigenvalue weighted by Crippen LogP contribution is -2.31. The van der Waals surface area contributed by atoms with Crippen LogP contribution in [0.15, 0.2) is 12.3 Å². The van der Waals surface area contributed by atoms with Crippen molar-refractivity contribution in [2.75, 3.05) is 16.6 Å². The van der Waals surface area contributed by atoms with Crippen LogP contribution in [-0.2, 0) is 18.8 Å². The van der Waals surface area contributed by atoms with Gasteiger partial charge in [0.25, 0.3) is 0 Å². The molecule has 2 aliphatic heterocycles. The van der Waals surface area contributed by atoms with Gasteiger partial charge in [-0.1, -0.05) is 12.8 Å². The van der Waals surface area contributed by atoms with E-state index in [1.807, 2.05) is 30.7 Å². The molecule has 3 aliphatic rings. The first-order chi connectivity index (χ1) is 15.6. The highest BCUT2D eigenvalue weighted by Crippen LogP contribution is 2.46. The predicted octanol–water partition coefficient (Wildman–Crippen LogP) is 3.73. The van der Waals surface area contributed by atoms with Crippen molar-refractivity contribution in [2.45, 2.75) is 75.9 Å². The number of nitrogens with zero attached hydrogens (tertiary/aromatic N) is 3. The molecule has 0 bridgehead atoms. The van der Waals surface area contributed by atoms with Crippen molar-refractivity contribution < 1.29 is 28.6 Å². The topological polar surface area (TPSA) is 128 Å². The Kier molecular flexibility index (Phi) is 6.46. The molecule has 2 saturated heterocycles. The third-order valence-corrected chi connectivity index (χ3v) is 8.99. The summed E-state index contributed by atoms with van der Waals surface area (Å²) >= 11 is 7.43. The molecule has 2 aromatic rings. The molecule has 0 amide bonds. The van der Waals surface area contributed by atoms with Crippen molar-refractivity contribution in [1.29, 1.82) is 0 Å². The van der Waals surface area contributed by atoms with E-state index in [1.165, 1.54) is 12.8 Å². The quantitative estimate of drug-likeness (QED) is 0.368. The lowest BCUT2D eigenvalue weighted by Gasteiger charge is -2.25. The van der Waals surface area contributed by atoms with Gasteiger partial charge in [0, 0.05) is 18.0 Å². The molecule has 0 unspecified atom stereocenters. The lowest BCUT2D eigenvalue weighted by atomic mass is 10.1. The molecular formula is C20H28ClN4O6PS. The van der Waals surface area contributed by atoms with Crippen LogP contribution in [0.25, 0.3) is 11.0 Å². The molecule has 4 atom stereocenters. The van der Waals surface area contributed by atoms with Gasteiger partial charge in [0.05, 0.1) is 17.0 Å². The molecule has 0 aromatic carbocycles. The number of fused-ring (bicyclic) bond motifs is 2. The predicted molar refractivity (Wildman–Crippen MR) is 126 cm³/mol. The van der Waals surface area contributed by atoms with Crippen LogP contribution in [0.1, 0.15) is 45.8 Å². The van der Waals surface area contributed by atoms with Crippen LogP contribution in [0, 0.1) is 0 Å². The molecule has 13 heteroatoms. The zero-order valence-electron chi connectivity index (χ0n) is 18.4. The van der Waals surface area contributed by atoms with Gasteiger partial charge in [0.15, 0.2) is 12.0 Å². The van der Waals surface area contributed by atoms with Crippen molar-refractivity contribution in [3.05, 3.63) is 17.5 Å². The summed E-state index contributed by atoms with van der Waals surface area (Å²) in [6, 6.07) is 2.32. The average Bonchev–Trinajstić information content (AvgIpc) is 3.46. The SMILES string of the molecule is CC1(C)O[C@@H]2[C@H](O1)[C@@H](CSCP(=O)(O)O)O[C@H]2n1ccc2c(NC3CCCC3)nc(Cl)nc21. The van der Waals surface area contributed by atoms with E-state index in [1.54, 1.807) is 0 Å². The maximum Gasteiger partial charge on any atom is 0.335 e. The Morgan fingerprint density at radius 2 is 2.00 bits per heavy atom. The molecule has 0 radical (unpaired) electrons. The molecule has 3 N–H and O–H groups in total. The highest BCUT2D eigenvalue weighted by atomic mass is 35.5. The number of nitrogens with one attached hydrogen (secondary N) is 1. The normalized spacial score (nSPS) is 29.7. The summed E-state index contributed by atoms with van der Waals surface area (Å²) in [7, 11) is -4.10. The van der Waals surface area contributed by atoms with Gasteiger partial charge < -0.3 is 33.9 Å². The van der Waals surface area contributed by atoms with Crippen LogP contribution < -0.4 is 5.32 Å². The van der Waals surface area contributed by atoms with Crippen molar-refractivity contribution in [2.24, 2.45) is 0 Å². The largest absolute Gasteiger partial charge is 0.367 e. The molecule has 2 aromatic heterocycles. The van der Waals surface area contributed by atoms with E-state index in [2.05, 4.69) is 15.3 Å². The molecule has 182 valence electrons. The minimum absolute atomic E-state index is 0.148. The molecule has 5 rings (SSSR count). The molecular weight excluding hydrogens is 491 g/mol. The van der Waals surface area contributed by atoms with Gasteiger partial charge >= 0.3 is 7.60 Å². The number of hydrogen-bond acceptors (Lipinski definition) is 8. The lowest BCUT2D eigenvalue weighted by molar-refractivity contribution is -0.193. The summed E-state index contributed by atoms with van der Waals surface area (Å²) in [6.07, 6.45) is 4.79. The van der Waals surface area contributed by atoms with E-state index in [0.29, 0.717) is 23.3 Å². The Balaban J connectivity index is 1.43. The van der Waals surface area contributed by atoms with Gasteiger partial charge in [-0.05, 0) is 44.4 Å². The Labute approximate surface area is 200 Å². The van der Waals surface area contributed by atoms with Gasteiger partial charge in [-0.15, -0.1) is 11.8 Å². The Hall–Kier alpha value is -0.910. The fraction of sp³-hybridized carbons (Fsp3) is 0.700. The summed E-state index contributed by atoms with van der Waals surface area (Å²) in [6.45, 7) is 3.69. The fourth-order valence-corrected chi connectivity index (χ4v) is 6.93. The van der Waals surface area contributed by atoms with Crippen molar-refractivity contribution in [3.63, 3.8) is 0 Å². The van der Waals surface area contributed by atoms with Crippen LogP contribution in [-0.4, -0.2) is 65.7 Å². The summed E-state index contributed by atoms with van der Waals surface area (Å²) in [4.78, 5) is 27.3. The van der Waals surface area contributed by atoms with E-state index in [0.717, 1.165) is 30.0 Å². The van der Waals surface area contributed by atoms with Gasteiger partial charge in [-0.25, -0.2) is 4.98 Å². The Morgan fingerprint density at radius 1 is 1.27 bits per heavy atom. The van der Waals surface area contributed by atoms with Crippen LogP contribution in [0.4, 0.5) is 5.82 Å². The first-order valence-corrected chi connectivity index (χ1v) is 14.4. The standard InChI is InChI=1S/C20H28ClN4O6PS/c1-20(2)30-14-13(9-33-10-32(26,27)28)29-18(15(14)31-20)25-8-7-12-16(22-11-5-3-4-6-11)23-19(21)24-17(12)25/h7-8,11,13-15,18H,3-6,9-10H2,1-2H3,(H,22,23,24)(H2,26,27,28)/t13-,14-,15-,18-/m1/s1. The number of ether oxygens (including phenoxy) is 3. The minimum Gasteiger partial charge on any atom is -0.367 e. The van der Waals surface area contributed by atoms with E-state index >= 15 is 0 Å². The smallest absolute Gasteiger partial charge is 0.335 e. The maximum atomic E-state index is 11.3. The number of thioether (sulfide) groups is 1. The average molecular weight is 519 g/mol. The van der Waals surface area contributed by atoms with E-state index in [-0.39, 0.29) is 16.9 Å². The first kappa shape index (κ1) is 23.8. The van der Waals surface area contributed by atoms with Crippen LogP contribution in [0.2, 0.25) is 5.28 Å². The monoisotopic (exact) mass is 518 g/mol. The van der Waals surface area contributed by atoms with Gasteiger partial charge in [0.2, 0.25) is 5.28 Å². The number of halogens is 1. The molecule has 1 saturated carbocycles. The zero-order chi connectivity index (χ0) is 23.4. The third kappa shape index (κ3) is 5.06. The summed E-state index contributed by atoms with van der Waals surface area (Å²) in [5.41, 5.74) is 0.362. The van der Waals surface area contributed by atoms with Gasteiger partial charge in [0.1, 0.15) is 23.7 Å². The summed E-state index contributed by atoms with van der Waals surface area (Å²) in [5, 5.41) is 4.52. The van der Waals surface area contributed by atoms with Crippen molar-refractivity contribution in [1.82, 2.24) is 14.5 Å². The molecule has 4 heterocycles. The third-order valence-electron chi connectivity index (χ3n) is 6.18. The van der Waals surface area contributed by atoms with Crippen LogP contribution >= 0.6 is 31.0 Å². The summed E-state index contributed by atoms with van der Waals surface area (Å²) in [5.74, 6) is 0.280. The summed E-state index contributed by atoms with van der Waals surface area (Å²) < 4.78 is 31.8. The molecule has 1 aliphatic carbocycles. The number of hydrogen-bond donors (Lipinski definition) is 3. The molecule has 10 nitrogen and oxygen atoms in total. The van der Waals surface area contributed by atoms with Crippen molar-refractivity contribution >= 4 is 47.8 Å². The van der Waals surface area contributed by atoms with E-state index in [9.17, 15) is 14.4 Å². The Bertz CT molecular complexity index is 1070. The second-order valence-electron chi connectivity index (χ2n) is 9.22. The van der Waals surface area contributed by atoms with Gasteiger partial charge in [-0.2, -0.15) is 4.98 Å². The number of anilines is 1. The molecule has 0 spiro atoms.